The Balaban J connectivity index is 0.000000621. The average Bonchev–Trinajstić information content (AvgIpc) is 2.40. The minimum absolute atomic E-state index is 0.103. The molecule has 1 amide bonds. The van der Waals surface area contributed by atoms with Crippen molar-refractivity contribution in [2.24, 2.45) is 0 Å². The number of anilines is 1. The van der Waals surface area contributed by atoms with Crippen LogP contribution in [0.5, 0.6) is 0 Å². The summed E-state index contributed by atoms with van der Waals surface area (Å²) in [4.78, 5) is 20.0. The number of carbonyl (C=O) groups excluding carboxylic acids is 2. The van der Waals surface area contributed by atoms with Crippen molar-refractivity contribution in [1.29, 1.82) is 0 Å². The van der Waals surface area contributed by atoms with Gasteiger partial charge in [0.2, 0.25) is 0 Å². The Morgan fingerprint density at radius 3 is 2.45 bits per heavy atom. The molecule has 20 heavy (non-hydrogen) atoms. The van der Waals surface area contributed by atoms with Gasteiger partial charge in [-0.15, -0.1) is 0 Å². The van der Waals surface area contributed by atoms with Gasteiger partial charge in [-0.3, -0.25) is 4.79 Å². The Labute approximate surface area is 118 Å². The molecule has 1 atom stereocenters. The minimum Gasteiger partial charge on any atom is -0.468 e. The van der Waals surface area contributed by atoms with Gasteiger partial charge in [0, 0.05) is 0 Å². The fraction of sp³-hybridized carbons (Fsp3) is 0.273. The van der Waals surface area contributed by atoms with E-state index in [1.54, 1.807) is 13.0 Å². The normalized spacial score (nSPS) is 12.4. The maximum Gasteiger partial charge on any atom is 0.293 e. The van der Waals surface area contributed by atoms with Gasteiger partial charge in [-0.05, 0) is 6.92 Å². The van der Waals surface area contributed by atoms with Gasteiger partial charge in [-0.25, -0.2) is 0 Å². The van der Waals surface area contributed by atoms with Crippen molar-refractivity contribution in [1.82, 2.24) is 0 Å². The molecule has 0 saturated heterocycles. The third kappa shape index (κ3) is 6.53. The Hall–Kier alpha value is -1.60. The van der Waals surface area contributed by atoms with E-state index in [0.717, 1.165) is 0 Å². The first-order valence-corrected chi connectivity index (χ1v) is 8.78. The third-order valence-electron chi connectivity index (χ3n) is 1.86. The maximum atomic E-state index is 11.4. The first-order chi connectivity index (χ1) is 9.38. The van der Waals surface area contributed by atoms with Gasteiger partial charge >= 0.3 is 88.4 Å². The average molecular weight is 349 g/mol. The molecule has 1 rings (SSSR count). The number of rotatable bonds is 5. The van der Waals surface area contributed by atoms with Crippen LogP contribution in [0.2, 0.25) is 0 Å². The SMILES string of the molecule is CC(=O)Nc1ccccc1[As](=O)(O)OO.CCOC=O. The Morgan fingerprint density at radius 2 is 2.05 bits per heavy atom. The number of hydrogen-bond acceptors (Lipinski definition) is 6. The van der Waals surface area contributed by atoms with Gasteiger partial charge in [-0.2, -0.15) is 0 Å². The smallest absolute Gasteiger partial charge is 0.293 e. The summed E-state index contributed by atoms with van der Waals surface area (Å²) < 4.78 is 28.3. The number of benzene rings is 1. The van der Waals surface area contributed by atoms with E-state index in [-0.39, 0.29) is 15.9 Å². The second-order valence-electron chi connectivity index (χ2n) is 3.35. The van der Waals surface area contributed by atoms with Crippen LogP contribution < -0.4 is 9.67 Å². The molecule has 112 valence electrons. The number of carbonyl (C=O) groups is 2. The number of ether oxygens (including phenoxy) is 1. The van der Waals surface area contributed by atoms with Gasteiger partial charge in [0.25, 0.3) is 6.47 Å². The van der Waals surface area contributed by atoms with Crippen LogP contribution in [0, 0.1) is 0 Å². The van der Waals surface area contributed by atoms with Crippen LogP contribution >= 0.6 is 0 Å². The summed E-state index contributed by atoms with van der Waals surface area (Å²) in [6.07, 6.45) is 0. The molecule has 0 radical (unpaired) electrons. The number of hydrogen-bond donors (Lipinski definition) is 3. The van der Waals surface area contributed by atoms with Crippen molar-refractivity contribution >= 4 is 36.6 Å². The van der Waals surface area contributed by atoms with Gasteiger partial charge < -0.3 is 4.74 Å². The molecule has 0 aromatic heterocycles. The monoisotopic (exact) mass is 349 g/mol. The van der Waals surface area contributed by atoms with E-state index in [9.17, 15) is 17.4 Å². The molecule has 0 saturated carbocycles. The van der Waals surface area contributed by atoms with Gasteiger partial charge in [0.1, 0.15) is 0 Å². The molecule has 0 aliphatic carbocycles. The quantitative estimate of drug-likeness (QED) is 0.293. The molecular weight excluding hydrogens is 333 g/mol. The third-order valence-corrected chi connectivity index (χ3v) is 4.42. The Kier molecular flexibility index (Phi) is 8.58. The predicted octanol–water partition coefficient (Wildman–Crippen LogP) is -0.117. The van der Waals surface area contributed by atoms with Crippen molar-refractivity contribution < 1.29 is 31.3 Å². The molecular formula is C11H16AsNO7. The fourth-order valence-electron chi connectivity index (χ4n) is 1.13. The van der Waals surface area contributed by atoms with Crippen LogP contribution in [0.4, 0.5) is 5.69 Å². The second kappa shape index (κ2) is 9.33. The first kappa shape index (κ1) is 18.4. The molecule has 1 aromatic carbocycles. The van der Waals surface area contributed by atoms with Crippen molar-refractivity contribution in [3.8, 4) is 0 Å². The Morgan fingerprint density at radius 1 is 1.45 bits per heavy atom. The summed E-state index contributed by atoms with van der Waals surface area (Å²) in [6, 6.07) is 5.84. The van der Waals surface area contributed by atoms with Crippen molar-refractivity contribution in [2.75, 3.05) is 11.9 Å². The largest absolute Gasteiger partial charge is 0.468 e. The van der Waals surface area contributed by atoms with Crippen LogP contribution in [0.3, 0.4) is 0 Å². The van der Waals surface area contributed by atoms with Crippen LogP contribution in [0.25, 0.3) is 0 Å². The molecule has 0 heterocycles. The zero-order chi connectivity index (χ0) is 15.6. The van der Waals surface area contributed by atoms with E-state index < -0.39 is 14.2 Å². The van der Waals surface area contributed by atoms with Crippen molar-refractivity contribution in [3.05, 3.63) is 24.3 Å². The number of amides is 1. The molecule has 0 aliphatic heterocycles. The summed E-state index contributed by atoms with van der Waals surface area (Å²) >= 11 is -4.92. The summed E-state index contributed by atoms with van der Waals surface area (Å²) in [7, 11) is 0. The zero-order valence-electron chi connectivity index (χ0n) is 11.0. The van der Waals surface area contributed by atoms with Crippen LogP contribution in [-0.2, 0) is 21.9 Å². The molecule has 1 unspecified atom stereocenters. The molecule has 0 spiro atoms. The van der Waals surface area contributed by atoms with E-state index in [2.05, 4.69) is 13.9 Å². The molecule has 1 aromatic rings. The molecule has 0 aliphatic rings. The Bertz CT molecular complexity index is 491. The minimum atomic E-state index is -4.92. The van der Waals surface area contributed by atoms with E-state index >= 15 is 0 Å². The van der Waals surface area contributed by atoms with E-state index in [0.29, 0.717) is 13.1 Å². The van der Waals surface area contributed by atoms with E-state index in [1.807, 2.05) is 0 Å². The fourth-order valence-corrected chi connectivity index (χ4v) is 2.80. The maximum absolute atomic E-state index is 11.4. The summed E-state index contributed by atoms with van der Waals surface area (Å²) in [5.74, 6) is -0.379. The molecule has 0 bridgehead atoms. The number of para-hydroxylation sites is 1. The summed E-state index contributed by atoms with van der Waals surface area (Å²) in [5, 5.41) is 10.7. The van der Waals surface area contributed by atoms with Crippen LogP contribution in [-0.4, -0.2) is 42.5 Å². The van der Waals surface area contributed by atoms with Crippen LogP contribution in [0.15, 0.2) is 24.3 Å². The molecule has 3 N–H and O–H groups in total. The summed E-state index contributed by atoms with van der Waals surface area (Å²) in [6.45, 7) is 3.93. The van der Waals surface area contributed by atoms with E-state index in [1.165, 1.54) is 25.1 Å². The topological polar surface area (TPSA) is 122 Å². The summed E-state index contributed by atoms with van der Waals surface area (Å²) in [5.41, 5.74) is 0.157. The van der Waals surface area contributed by atoms with Gasteiger partial charge in [0.05, 0.1) is 6.61 Å². The van der Waals surface area contributed by atoms with Crippen LogP contribution in [0.1, 0.15) is 13.8 Å². The molecule has 9 heteroatoms. The first-order valence-electron chi connectivity index (χ1n) is 5.47. The van der Waals surface area contributed by atoms with Gasteiger partial charge in [-0.1, -0.05) is 0 Å². The predicted molar refractivity (Wildman–Crippen MR) is 70.4 cm³/mol. The zero-order valence-corrected chi connectivity index (χ0v) is 12.9. The van der Waals surface area contributed by atoms with E-state index in [4.69, 9.17) is 5.26 Å². The number of nitrogens with one attached hydrogen (secondary N) is 1. The van der Waals surface area contributed by atoms with Gasteiger partial charge in [0.15, 0.2) is 0 Å². The second-order valence-corrected chi connectivity index (χ2v) is 6.89. The van der Waals surface area contributed by atoms with Crippen molar-refractivity contribution in [2.45, 2.75) is 13.8 Å². The van der Waals surface area contributed by atoms with Crippen molar-refractivity contribution in [3.63, 3.8) is 0 Å². The standard InChI is InChI=1S/C8H10AsNO5.C3H6O2/c1-6(11)10-8-5-3-2-4-7(8)9(12,13)15-14;1-2-5-3-4/h2-5,14H,1H3,(H,10,11)(H,12,13);3H,2H2,1H3. The molecule has 0 fully saturated rings. The molecule has 8 nitrogen and oxygen atoms in total.